The van der Waals surface area contributed by atoms with Crippen LogP contribution in [-0.4, -0.2) is 31.1 Å². The van der Waals surface area contributed by atoms with Gasteiger partial charge in [0, 0.05) is 12.6 Å². The molecule has 0 aliphatic heterocycles. The van der Waals surface area contributed by atoms with Gasteiger partial charge in [-0.25, -0.2) is 0 Å². The molecule has 1 rings (SSSR count). The van der Waals surface area contributed by atoms with Crippen LogP contribution in [-0.2, 0) is 0 Å². The van der Waals surface area contributed by atoms with Crippen molar-refractivity contribution in [1.82, 2.24) is 10.2 Å². The lowest BCUT2D eigenvalue weighted by atomic mass is 10.0. The molecule has 1 aromatic rings. The predicted octanol–water partition coefficient (Wildman–Crippen LogP) is 4.40. The second kappa shape index (κ2) is 9.97. The van der Waals surface area contributed by atoms with Crippen LogP contribution in [0.15, 0.2) is 24.3 Å². The van der Waals surface area contributed by atoms with E-state index < -0.39 is 0 Å². The van der Waals surface area contributed by atoms with Gasteiger partial charge in [-0.3, -0.25) is 0 Å². The van der Waals surface area contributed by atoms with E-state index in [9.17, 15) is 0 Å². The minimum atomic E-state index is 0.474. The Balaban J connectivity index is 2.59. The van der Waals surface area contributed by atoms with Gasteiger partial charge in [-0.1, -0.05) is 63.9 Å². The van der Waals surface area contributed by atoms with Crippen molar-refractivity contribution in [3.05, 3.63) is 35.4 Å². The number of nitrogens with one attached hydrogen (secondary N) is 1. The number of aryl methyl sites for hydroxylation is 1. The van der Waals surface area contributed by atoms with Crippen LogP contribution in [0.4, 0.5) is 0 Å². The number of rotatable bonds is 10. The number of nitrogens with zero attached hydrogens (tertiary/aromatic N) is 1. The molecule has 120 valence electrons. The molecule has 1 aromatic carbocycles. The van der Waals surface area contributed by atoms with Crippen molar-refractivity contribution in [2.24, 2.45) is 5.92 Å². The van der Waals surface area contributed by atoms with Crippen molar-refractivity contribution in [2.45, 2.75) is 53.5 Å². The van der Waals surface area contributed by atoms with Gasteiger partial charge in [0.1, 0.15) is 0 Å². The SMILES string of the molecule is CCNC(CCN(CC)CC(C)CC)c1ccc(C)cc1. The Morgan fingerprint density at radius 2 is 1.76 bits per heavy atom. The summed E-state index contributed by atoms with van der Waals surface area (Å²) >= 11 is 0. The number of hydrogen-bond donors (Lipinski definition) is 1. The van der Waals surface area contributed by atoms with E-state index in [-0.39, 0.29) is 0 Å². The molecule has 0 radical (unpaired) electrons. The van der Waals surface area contributed by atoms with Crippen LogP contribution in [0, 0.1) is 12.8 Å². The summed E-state index contributed by atoms with van der Waals surface area (Å²) in [7, 11) is 0. The van der Waals surface area contributed by atoms with Crippen molar-refractivity contribution >= 4 is 0 Å². The van der Waals surface area contributed by atoms with Gasteiger partial charge in [0.05, 0.1) is 0 Å². The standard InChI is InChI=1S/C19H34N2/c1-6-16(4)15-21(8-3)14-13-19(20-7-2)18-11-9-17(5)10-12-18/h9-12,16,19-20H,6-8,13-15H2,1-5H3. The van der Waals surface area contributed by atoms with E-state index >= 15 is 0 Å². The van der Waals surface area contributed by atoms with Gasteiger partial charge in [0.2, 0.25) is 0 Å². The average Bonchev–Trinajstić information content (AvgIpc) is 2.50. The molecule has 0 fully saturated rings. The third kappa shape index (κ3) is 6.62. The first kappa shape index (κ1) is 18.2. The Morgan fingerprint density at radius 1 is 1.10 bits per heavy atom. The maximum absolute atomic E-state index is 3.64. The van der Waals surface area contributed by atoms with Crippen molar-refractivity contribution in [3.63, 3.8) is 0 Å². The van der Waals surface area contributed by atoms with E-state index in [1.165, 1.54) is 37.1 Å². The van der Waals surface area contributed by atoms with Crippen molar-refractivity contribution in [2.75, 3.05) is 26.2 Å². The summed E-state index contributed by atoms with van der Waals surface area (Å²) in [4.78, 5) is 2.59. The normalized spacial score (nSPS) is 14.4. The van der Waals surface area contributed by atoms with Crippen LogP contribution in [0.1, 0.15) is 57.7 Å². The smallest absolute Gasteiger partial charge is 0.0332 e. The molecule has 0 spiro atoms. The van der Waals surface area contributed by atoms with Crippen LogP contribution in [0.5, 0.6) is 0 Å². The van der Waals surface area contributed by atoms with Gasteiger partial charge in [-0.2, -0.15) is 0 Å². The van der Waals surface area contributed by atoms with Gasteiger partial charge >= 0.3 is 0 Å². The molecular formula is C19H34N2. The molecule has 21 heavy (non-hydrogen) atoms. The second-order valence-electron chi connectivity index (χ2n) is 6.22. The number of hydrogen-bond acceptors (Lipinski definition) is 2. The largest absolute Gasteiger partial charge is 0.310 e. The zero-order chi connectivity index (χ0) is 15.7. The van der Waals surface area contributed by atoms with Gasteiger partial charge in [-0.05, 0) is 44.5 Å². The Bertz CT molecular complexity index is 372. The fourth-order valence-corrected chi connectivity index (χ4v) is 2.69. The van der Waals surface area contributed by atoms with Crippen LogP contribution in [0.3, 0.4) is 0 Å². The molecule has 0 saturated heterocycles. The fourth-order valence-electron chi connectivity index (χ4n) is 2.69. The van der Waals surface area contributed by atoms with Gasteiger partial charge in [0.15, 0.2) is 0 Å². The highest BCUT2D eigenvalue weighted by molar-refractivity contribution is 5.24. The third-order valence-electron chi connectivity index (χ3n) is 4.38. The molecule has 0 bridgehead atoms. The van der Waals surface area contributed by atoms with E-state index in [2.05, 4.69) is 69.1 Å². The lowest BCUT2D eigenvalue weighted by Crippen LogP contribution is -2.32. The number of benzene rings is 1. The first-order chi connectivity index (χ1) is 10.1. The van der Waals surface area contributed by atoms with Gasteiger partial charge in [-0.15, -0.1) is 0 Å². The molecule has 2 nitrogen and oxygen atoms in total. The molecule has 2 unspecified atom stereocenters. The minimum Gasteiger partial charge on any atom is -0.310 e. The monoisotopic (exact) mass is 290 g/mol. The first-order valence-electron chi connectivity index (χ1n) is 8.62. The first-order valence-corrected chi connectivity index (χ1v) is 8.62. The van der Waals surface area contributed by atoms with E-state index in [0.717, 1.165) is 19.0 Å². The highest BCUT2D eigenvalue weighted by Gasteiger charge is 2.13. The Labute approximate surface area is 131 Å². The second-order valence-corrected chi connectivity index (χ2v) is 6.22. The summed E-state index contributed by atoms with van der Waals surface area (Å²) in [5, 5.41) is 3.64. The lowest BCUT2D eigenvalue weighted by Gasteiger charge is -2.27. The van der Waals surface area contributed by atoms with Gasteiger partial charge < -0.3 is 10.2 Å². The molecule has 0 aliphatic carbocycles. The van der Waals surface area contributed by atoms with Crippen LogP contribution >= 0.6 is 0 Å². The topological polar surface area (TPSA) is 15.3 Å². The fraction of sp³-hybridized carbons (Fsp3) is 0.684. The minimum absolute atomic E-state index is 0.474. The Hall–Kier alpha value is -0.860. The summed E-state index contributed by atoms with van der Waals surface area (Å²) in [5.41, 5.74) is 2.75. The lowest BCUT2D eigenvalue weighted by molar-refractivity contribution is 0.233. The quantitative estimate of drug-likeness (QED) is 0.687. The zero-order valence-corrected chi connectivity index (χ0v) is 14.7. The summed E-state index contributed by atoms with van der Waals surface area (Å²) in [6.07, 6.45) is 2.45. The highest BCUT2D eigenvalue weighted by Crippen LogP contribution is 2.18. The molecule has 2 heteroatoms. The van der Waals surface area contributed by atoms with E-state index in [1.807, 2.05) is 0 Å². The van der Waals surface area contributed by atoms with Crippen molar-refractivity contribution in [1.29, 1.82) is 0 Å². The highest BCUT2D eigenvalue weighted by atomic mass is 15.1. The third-order valence-corrected chi connectivity index (χ3v) is 4.38. The zero-order valence-electron chi connectivity index (χ0n) is 14.7. The average molecular weight is 290 g/mol. The molecule has 0 heterocycles. The van der Waals surface area contributed by atoms with Crippen molar-refractivity contribution < 1.29 is 0 Å². The molecule has 0 amide bonds. The summed E-state index contributed by atoms with van der Waals surface area (Å²) in [6.45, 7) is 15.8. The van der Waals surface area contributed by atoms with Crippen molar-refractivity contribution in [3.8, 4) is 0 Å². The van der Waals surface area contributed by atoms with E-state index in [0.29, 0.717) is 6.04 Å². The van der Waals surface area contributed by atoms with Gasteiger partial charge in [0.25, 0.3) is 0 Å². The van der Waals surface area contributed by atoms with E-state index in [1.54, 1.807) is 0 Å². The molecule has 2 atom stereocenters. The Morgan fingerprint density at radius 3 is 2.29 bits per heavy atom. The molecule has 1 N–H and O–H groups in total. The molecule has 0 aromatic heterocycles. The molecule has 0 aliphatic rings. The Kier molecular flexibility index (Phi) is 8.63. The summed E-state index contributed by atoms with van der Waals surface area (Å²) < 4.78 is 0. The van der Waals surface area contributed by atoms with Crippen LogP contribution in [0.2, 0.25) is 0 Å². The van der Waals surface area contributed by atoms with E-state index in [4.69, 9.17) is 0 Å². The van der Waals surface area contributed by atoms with Crippen LogP contribution in [0.25, 0.3) is 0 Å². The van der Waals surface area contributed by atoms with Crippen LogP contribution < -0.4 is 5.32 Å². The summed E-state index contributed by atoms with van der Waals surface area (Å²) in [5.74, 6) is 0.793. The summed E-state index contributed by atoms with van der Waals surface area (Å²) in [6, 6.07) is 9.45. The molecule has 0 saturated carbocycles. The molecular weight excluding hydrogens is 256 g/mol. The maximum atomic E-state index is 3.64. The maximum Gasteiger partial charge on any atom is 0.0332 e. The predicted molar refractivity (Wildman–Crippen MR) is 93.8 cm³/mol.